The summed E-state index contributed by atoms with van der Waals surface area (Å²) in [6.45, 7) is 9.34. The van der Waals surface area contributed by atoms with Crippen LogP contribution in [-0.4, -0.2) is 29.1 Å². The number of aromatic nitrogens is 1. The number of rotatable bonds is 14. The maximum atomic E-state index is 4.74. The van der Waals surface area contributed by atoms with E-state index in [0.29, 0.717) is 0 Å². The van der Waals surface area contributed by atoms with E-state index in [1.165, 1.54) is 53.1 Å². The van der Waals surface area contributed by atoms with E-state index in [4.69, 9.17) is 4.98 Å². The molecule has 29 heavy (non-hydrogen) atoms. The molecule has 0 N–H and O–H groups in total. The van der Waals surface area contributed by atoms with Crippen molar-refractivity contribution in [2.75, 3.05) is 5.75 Å². The van der Waals surface area contributed by atoms with Gasteiger partial charge in [-0.3, -0.25) is 0 Å². The van der Waals surface area contributed by atoms with Crippen molar-refractivity contribution >= 4 is 51.7 Å². The number of unbranched alkanes of at least 4 members (excludes halogenated alkanes) is 3. The van der Waals surface area contributed by atoms with Gasteiger partial charge in [0.15, 0.2) is 0 Å². The molecule has 2 aromatic rings. The Bertz CT molecular complexity index is 723. The molecule has 0 aliphatic rings. The molecule has 0 aliphatic heterocycles. The van der Waals surface area contributed by atoms with Gasteiger partial charge in [-0.05, 0) is 0 Å². The molecule has 160 valence electrons. The number of hydrogen-bond donors (Lipinski definition) is 0. The Balaban J connectivity index is 2.00. The van der Waals surface area contributed by atoms with E-state index in [2.05, 4.69) is 68.2 Å². The van der Waals surface area contributed by atoms with E-state index in [0.717, 1.165) is 11.3 Å². The first-order valence-corrected chi connectivity index (χ1v) is 21.0. The Morgan fingerprint density at radius 1 is 1.00 bits per heavy atom. The molecule has 1 aromatic heterocycles. The second kappa shape index (κ2) is 13.9. The van der Waals surface area contributed by atoms with Crippen molar-refractivity contribution in [2.24, 2.45) is 0 Å². The zero-order valence-corrected chi connectivity index (χ0v) is 23.4. The Labute approximate surface area is 191 Å². The molecule has 0 unspecified atom stereocenters. The minimum absolute atomic E-state index is 1.01. The van der Waals surface area contributed by atoms with Crippen molar-refractivity contribution in [3.63, 3.8) is 0 Å². The zero-order valence-electron chi connectivity index (χ0n) is 18.9. The molecule has 0 spiro atoms. The molecule has 0 bridgehead atoms. The van der Waals surface area contributed by atoms with Crippen molar-refractivity contribution < 1.29 is 0 Å². The third-order valence-corrected chi connectivity index (χ3v) is 21.8. The first-order valence-electron chi connectivity index (χ1n) is 11.5. The SMILES string of the molecule is CCC[CH2][Sn]([CH]=CC(C)=CCSc1nc2ccccc2s1)([CH2]CCC)[CH2]CCC. The molecule has 1 heterocycles. The van der Waals surface area contributed by atoms with Crippen LogP contribution in [0.25, 0.3) is 10.2 Å². The normalized spacial score (nSPS) is 13.0. The maximum absolute atomic E-state index is 4.74. The summed E-state index contributed by atoms with van der Waals surface area (Å²) in [5.41, 5.74) is 2.56. The first-order chi connectivity index (χ1) is 14.1. The second-order valence-electron chi connectivity index (χ2n) is 8.21. The van der Waals surface area contributed by atoms with Crippen LogP contribution < -0.4 is 0 Å². The summed E-state index contributed by atoms with van der Waals surface area (Å²) >= 11 is 1.52. The van der Waals surface area contributed by atoms with Gasteiger partial charge in [-0.1, -0.05) is 0 Å². The fourth-order valence-electron chi connectivity index (χ4n) is 3.74. The number of benzene rings is 1. The van der Waals surface area contributed by atoms with Crippen molar-refractivity contribution in [1.82, 2.24) is 4.98 Å². The number of allylic oxidation sites excluding steroid dienone is 2. The van der Waals surface area contributed by atoms with Crippen LogP contribution in [0, 0.1) is 0 Å². The molecule has 2 rings (SSSR count). The van der Waals surface area contributed by atoms with Crippen LogP contribution >= 0.6 is 23.1 Å². The predicted molar refractivity (Wildman–Crippen MR) is 138 cm³/mol. The summed E-state index contributed by atoms with van der Waals surface area (Å²) in [6.07, 6.45) is 13.2. The average molecular weight is 536 g/mol. The number of hydrogen-bond acceptors (Lipinski definition) is 3. The van der Waals surface area contributed by atoms with Crippen LogP contribution in [0.4, 0.5) is 0 Å². The van der Waals surface area contributed by atoms with E-state index >= 15 is 0 Å². The summed E-state index contributed by atoms with van der Waals surface area (Å²) in [5, 5.41) is 0. The average Bonchev–Trinajstić information content (AvgIpc) is 3.15. The molecule has 0 atom stereocenters. The van der Waals surface area contributed by atoms with Gasteiger partial charge in [0.05, 0.1) is 0 Å². The number of para-hydroxylation sites is 1. The first kappa shape index (κ1) is 25.0. The van der Waals surface area contributed by atoms with Crippen LogP contribution in [-0.2, 0) is 0 Å². The van der Waals surface area contributed by atoms with Crippen molar-refractivity contribution in [1.29, 1.82) is 0 Å². The predicted octanol–water partition coefficient (Wildman–Crippen LogP) is 9.28. The Morgan fingerprint density at radius 3 is 2.21 bits per heavy atom. The number of fused-ring (bicyclic) bond motifs is 1. The van der Waals surface area contributed by atoms with Gasteiger partial charge in [-0.2, -0.15) is 0 Å². The van der Waals surface area contributed by atoms with Gasteiger partial charge in [-0.15, -0.1) is 0 Å². The van der Waals surface area contributed by atoms with Crippen LogP contribution in [0.3, 0.4) is 0 Å². The van der Waals surface area contributed by atoms with Crippen molar-refractivity contribution in [3.05, 3.63) is 46.1 Å². The fraction of sp³-hybridized carbons (Fsp3) is 0.560. The molecule has 0 fully saturated rings. The Kier molecular flexibility index (Phi) is 12.0. The molecule has 0 saturated carbocycles. The molecule has 0 radical (unpaired) electrons. The minimum atomic E-state index is -2.15. The van der Waals surface area contributed by atoms with E-state index < -0.39 is 18.4 Å². The number of thioether (sulfide) groups is 1. The molecular weight excluding hydrogens is 497 g/mol. The monoisotopic (exact) mass is 537 g/mol. The molecular formula is C25H39NS2Sn. The number of nitrogens with zero attached hydrogens (tertiary/aromatic N) is 1. The molecule has 0 amide bonds. The topological polar surface area (TPSA) is 12.9 Å². The summed E-state index contributed by atoms with van der Waals surface area (Å²) < 4.78 is 9.91. The summed E-state index contributed by atoms with van der Waals surface area (Å²) in [4.78, 5) is 4.74. The van der Waals surface area contributed by atoms with Gasteiger partial charge in [-0.25, -0.2) is 0 Å². The molecule has 4 heteroatoms. The Hall–Kier alpha value is -0.261. The van der Waals surface area contributed by atoms with Crippen LogP contribution in [0.15, 0.2) is 50.4 Å². The van der Waals surface area contributed by atoms with E-state index in [1.807, 2.05) is 23.1 Å². The van der Waals surface area contributed by atoms with Crippen molar-refractivity contribution in [2.45, 2.75) is 83.9 Å². The van der Waals surface area contributed by atoms with Gasteiger partial charge in [0.2, 0.25) is 0 Å². The van der Waals surface area contributed by atoms with Gasteiger partial charge >= 0.3 is 192 Å². The molecule has 1 nitrogen and oxygen atoms in total. The quantitative estimate of drug-likeness (QED) is 0.136. The van der Waals surface area contributed by atoms with Crippen LogP contribution in [0.5, 0.6) is 0 Å². The number of thiazole rings is 1. The van der Waals surface area contributed by atoms with Gasteiger partial charge in [0.25, 0.3) is 0 Å². The Morgan fingerprint density at radius 2 is 1.62 bits per heavy atom. The van der Waals surface area contributed by atoms with Crippen LogP contribution in [0.1, 0.15) is 66.2 Å². The zero-order chi connectivity index (χ0) is 21.0. The van der Waals surface area contributed by atoms with Gasteiger partial charge < -0.3 is 0 Å². The second-order valence-corrected chi connectivity index (χ2v) is 23.5. The van der Waals surface area contributed by atoms with Gasteiger partial charge in [0.1, 0.15) is 0 Å². The van der Waals surface area contributed by atoms with Gasteiger partial charge in [0, 0.05) is 0 Å². The summed E-state index contributed by atoms with van der Waals surface area (Å²) in [6, 6.07) is 8.43. The van der Waals surface area contributed by atoms with E-state index in [-0.39, 0.29) is 0 Å². The molecule has 0 saturated heterocycles. The summed E-state index contributed by atoms with van der Waals surface area (Å²) in [7, 11) is 0. The third-order valence-electron chi connectivity index (χ3n) is 5.67. The van der Waals surface area contributed by atoms with Crippen LogP contribution in [0.2, 0.25) is 13.3 Å². The third kappa shape index (κ3) is 8.78. The molecule has 0 aliphatic carbocycles. The molecule has 1 aromatic carbocycles. The van der Waals surface area contributed by atoms with E-state index in [9.17, 15) is 0 Å². The van der Waals surface area contributed by atoms with E-state index in [1.54, 1.807) is 13.3 Å². The standard InChI is InChI=1S/C13H12NS2.3C4H9.Sn/c1-3-10(2)8-9-15-13-14-11-6-4-5-7-12(11)16-13;3*1-3-4-2;/h1,3-8H,9H2,2H3;3*1,3-4H2,2H3;. The fourth-order valence-corrected chi connectivity index (χ4v) is 20.2. The van der Waals surface area contributed by atoms with Crippen molar-refractivity contribution in [3.8, 4) is 0 Å². The summed E-state index contributed by atoms with van der Waals surface area (Å²) in [5.74, 6) is 1.01.